The van der Waals surface area contributed by atoms with Gasteiger partial charge in [0, 0.05) is 0 Å². The summed E-state index contributed by atoms with van der Waals surface area (Å²) in [7, 11) is 0. The molecule has 0 saturated heterocycles. The molecule has 6 heteroatoms. The largest absolute Gasteiger partial charge is 0.483 e. The Morgan fingerprint density at radius 1 is 1.09 bits per heavy atom. The maximum Gasteiger partial charge on any atom is 0.296 e. The van der Waals surface area contributed by atoms with E-state index in [1.54, 1.807) is 4.90 Å². The van der Waals surface area contributed by atoms with Gasteiger partial charge in [0.25, 0.3) is 5.91 Å². The van der Waals surface area contributed by atoms with Gasteiger partial charge < -0.3 is 4.74 Å². The fourth-order valence-corrected chi connectivity index (χ4v) is 6.86. The summed E-state index contributed by atoms with van der Waals surface area (Å²) in [6.07, 6.45) is 2.45. The smallest absolute Gasteiger partial charge is 0.296 e. The lowest BCUT2D eigenvalue weighted by atomic mass is 9.74. The van der Waals surface area contributed by atoms with Crippen molar-refractivity contribution in [3.05, 3.63) is 70.5 Å². The number of aromatic nitrogens is 1. The summed E-state index contributed by atoms with van der Waals surface area (Å²) in [6.45, 7) is 6.30. The van der Waals surface area contributed by atoms with Crippen LogP contribution >= 0.6 is 11.3 Å². The maximum absolute atomic E-state index is 13.8. The van der Waals surface area contributed by atoms with E-state index in [0.717, 1.165) is 46.2 Å². The summed E-state index contributed by atoms with van der Waals surface area (Å²) in [5.74, 6) is 0.367. The van der Waals surface area contributed by atoms with E-state index in [2.05, 4.69) is 26.0 Å². The number of Topliss-reactive ketones (excluding diaryl/α,β-unsaturated/α-hetero) is 1. The first-order valence-corrected chi connectivity index (χ1v) is 12.5. The normalized spacial score (nSPS) is 27.1. The number of carbonyl (C=O) groups excluding carboxylic acids is 2. The van der Waals surface area contributed by atoms with Gasteiger partial charge in [-0.3, -0.25) is 14.5 Å². The van der Waals surface area contributed by atoms with E-state index < -0.39 is 6.04 Å². The first kappa shape index (κ1) is 20.6. The number of ether oxygens (including phenoxy) is 1. The molecule has 4 atom stereocenters. The van der Waals surface area contributed by atoms with Crippen molar-refractivity contribution < 1.29 is 14.3 Å². The van der Waals surface area contributed by atoms with Crippen LogP contribution in [0.2, 0.25) is 0 Å². The Morgan fingerprint density at radius 2 is 1.88 bits per heavy atom. The molecule has 0 bridgehead atoms. The number of hydrogen-bond donors (Lipinski definition) is 0. The number of thiazole rings is 1. The van der Waals surface area contributed by atoms with Crippen LogP contribution in [0.1, 0.15) is 48.9 Å². The quantitative estimate of drug-likeness (QED) is 0.497. The average Bonchev–Trinajstić information content (AvgIpc) is 3.34. The topological polar surface area (TPSA) is 59.5 Å². The number of fused-ring (bicyclic) bond motifs is 2. The number of hydrogen-bond acceptors (Lipinski definition) is 5. The van der Waals surface area contributed by atoms with Crippen molar-refractivity contribution in [1.29, 1.82) is 0 Å². The Hall–Kier alpha value is -2.99. The molecule has 1 saturated carbocycles. The molecular weight excluding hydrogens is 432 g/mol. The highest BCUT2D eigenvalue weighted by Gasteiger charge is 2.53. The number of benzene rings is 2. The molecule has 2 aliphatic heterocycles. The minimum absolute atomic E-state index is 0.0747. The van der Waals surface area contributed by atoms with E-state index >= 15 is 0 Å². The van der Waals surface area contributed by atoms with Gasteiger partial charge in [0.05, 0.1) is 27.7 Å². The number of carbonyl (C=O) groups is 2. The fourth-order valence-electron chi connectivity index (χ4n) is 5.69. The molecule has 1 aliphatic carbocycles. The van der Waals surface area contributed by atoms with Crippen molar-refractivity contribution >= 4 is 38.4 Å². The highest BCUT2D eigenvalue weighted by Crippen LogP contribution is 2.50. The second kappa shape index (κ2) is 7.52. The lowest BCUT2D eigenvalue weighted by Gasteiger charge is -2.37. The van der Waals surface area contributed by atoms with Crippen molar-refractivity contribution in [2.75, 3.05) is 4.90 Å². The third-order valence-corrected chi connectivity index (χ3v) is 8.25. The van der Waals surface area contributed by atoms with E-state index in [0.29, 0.717) is 16.6 Å². The van der Waals surface area contributed by atoms with Gasteiger partial charge in [-0.1, -0.05) is 54.7 Å². The molecule has 1 fully saturated rings. The molecule has 6 rings (SSSR count). The summed E-state index contributed by atoms with van der Waals surface area (Å²) in [5.41, 5.74) is 4.56. The SMILES string of the molecule is Cc1cc(C)c2nc(N3C(=O)C4=C(C(=O)C5CC(C)CCC5O4)C3c3ccccc3)sc2c1. The van der Waals surface area contributed by atoms with Crippen LogP contribution in [0.25, 0.3) is 10.2 Å². The van der Waals surface area contributed by atoms with E-state index in [1.807, 2.05) is 37.3 Å². The third-order valence-electron chi connectivity index (χ3n) is 7.25. The molecule has 4 unspecified atom stereocenters. The van der Waals surface area contributed by atoms with E-state index in [9.17, 15) is 9.59 Å². The van der Waals surface area contributed by atoms with Gasteiger partial charge in [0.1, 0.15) is 6.10 Å². The lowest BCUT2D eigenvalue weighted by Crippen LogP contribution is -2.41. The number of nitrogens with zero attached hydrogens (tertiary/aromatic N) is 2. The highest BCUT2D eigenvalue weighted by atomic mass is 32.1. The number of anilines is 1. The van der Waals surface area contributed by atoms with Gasteiger partial charge in [-0.25, -0.2) is 4.98 Å². The minimum Gasteiger partial charge on any atom is -0.483 e. The zero-order chi connectivity index (χ0) is 22.9. The molecule has 3 aliphatic rings. The summed E-state index contributed by atoms with van der Waals surface area (Å²) in [4.78, 5) is 34.2. The minimum atomic E-state index is -0.513. The van der Waals surface area contributed by atoms with Crippen LogP contribution in [0.4, 0.5) is 5.13 Å². The van der Waals surface area contributed by atoms with Crippen molar-refractivity contribution in [3.8, 4) is 0 Å². The third kappa shape index (κ3) is 3.15. The molecule has 2 aromatic carbocycles. The van der Waals surface area contributed by atoms with Gasteiger partial charge in [-0.15, -0.1) is 0 Å². The molecule has 1 aromatic heterocycles. The Balaban J connectivity index is 1.51. The van der Waals surface area contributed by atoms with Gasteiger partial charge in [-0.05, 0) is 61.8 Å². The Bertz CT molecular complexity index is 1330. The van der Waals surface area contributed by atoms with E-state index in [4.69, 9.17) is 9.72 Å². The summed E-state index contributed by atoms with van der Waals surface area (Å²) < 4.78 is 7.35. The Kier molecular flexibility index (Phi) is 4.70. The highest BCUT2D eigenvalue weighted by molar-refractivity contribution is 7.22. The first-order valence-electron chi connectivity index (χ1n) is 11.6. The van der Waals surface area contributed by atoms with Crippen LogP contribution in [0.15, 0.2) is 53.8 Å². The number of aryl methyl sites for hydroxylation is 2. The molecule has 0 spiro atoms. The second-order valence-electron chi connectivity index (χ2n) is 9.70. The molecule has 3 heterocycles. The zero-order valence-electron chi connectivity index (χ0n) is 19.0. The van der Waals surface area contributed by atoms with Crippen LogP contribution in [0.3, 0.4) is 0 Å². The molecule has 5 nitrogen and oxygen atoms in total. The molecule has 0 radical (unpaired) electrons. The standard InChI is InChI=1S/C27H26N2O3S/c1-14-9-10-19-18(12-14)24(30)21-23(17-7-5-4-6-8-17)29(26(31)25(21)32-19)27-28-22-16(3)11-15(2)13-20(22)33-27/h4-8,11,13-14,18-19,23H,9-10,12H2,1-3H3. The molecule has 3 aromatic rings. The van der Waals surface area contributed by atoms with Crippen LogP contribution in [-0.2, 0) is 14.3 Å². The number of amides is 1. The van der Waals surface area contributed by atoms with Crippen LogP contribution in [-0.4, -0.2) is 22.8 Å². The van der Waals surface area contributed by atoms with Gasteiger partial charge in [0.15, 0.2) is 16.7 Å². The zero-order valence-corrected chi connectivity index (χ0v) is 19.8. The Morgan fingerprint density at radius 3 is 2.67 bits per heavy atom. The first-order chi connectivity index (χ1) is 15.9. The predicted octanol–water partition coefficient (Wildman–Crippen LogP) is 5.66. The van der Waals surface area contributed by atoms with Crippen molar-refractivity contribution in [1.82, 2.24) is 4.98 Å². The molecule has 33 heavy (non-hydrogen) atoms. The monoisotopic (exact) mass is 458 g/mol. The van der Waals surface area contributed by atoms with Crippen LogP contribution < -0.4 is 4.90 Å². The van der Waals surface area contributed by atoms with Gasteiger partial charge in [0.2, 0.25) is 0 Å². The summed E-state index contributed by atoms with van der Waals surface area (Å²) in [6, 6.07) is 13.5. The summed E-state index contributed by atoms with van der Waals surface area (Å²) >= 11 is 1.50. The van der Waals surface area contributed by atoms with E-state index in [1.165, 1.54) is 11.3 Å². The van der Waals surface area contributed by atoms with Crippen molar-refractivity contribution in [2.24, 2.45) is 11.8 Å². The predicted molar refractivity (Wildman–Crippen MR) is 129 cm³/mol. The average molecular weight is 459 g/mol. The van der Waals surface area contributed by atoms with Gasteiger partial charge >= 0.3 is 0 Å². The lowest BCUT2D eigenvalue weighted by molar-refractivity contribution is -0.132. The second-order valence-corrected chi connectivity index (χ2v) is 10.7. The molecular formula is C27H26N2O3S. The van der Waals surface area contributed by atoms with Crippen LogP contribution in [0, 0.1) is 25.7 Å². The fraction of sp³-hybridized carbons (Fsp3) is 0.370. The van der Waals surface area contributed by atoms with Crippen molar-refractivity contribution in [2.45, 2.75) is 52.2 Å². The Labute approximate surface area is 197 Å². The molecule has 168 valence electrons. The number of rotatable bonds is 2. The molecule has 1 amide bonds. The van der Waals surface area contributed by atoms with Crippen LogP contribution in [0.5, 0.6) is 0 Å². The van der Waals surface area contributed by atoms with Gasteiger partial charge in [-0.2, -0.15) is 0 Å². The molecule has 0 N–H and O–H groups in total. The maximum atomic E-state index is 13.8. The summed E-state index contributed by atoms with van der Waals surface area (Å²) in [5, 5.41) is 0.611. The van der Waals surface area contributed by atoms with Crippen molar-refractivity contribution in [3.63, 3.8) is 0 Å². The number of ketones is 1. The van der Waals surface area contributed by atoms with E-state index in [-0.39, 0.29) is 29.5 Å².